The second kappa shape index (κ2) is 7.95. The number of pyridine rings is 1. The second-order valence-corrected chi connectivity index (χ2v) is 7.30. The van der Waals surface area contributed by atoms with Crippen molar-refractivity contribution in [1.82, 2.24) is 4.98 Å². The van der Waals surface area contributed by atoms with E-state index in [9.17, 15) is 31.1 Å². The van der Waals surface area contributed by atoms with Gasteiger partial charge in [-0.05, 0) is 55.5 Å². The number of nitrogens with zero attached hydrogens (tertiary/aromatic N) is 1. The van der Waals surface area contributed by atoms with Gasteiger partial charge >= 0.3 is 12.4 Å². The fourth-order valence-corrected chi connectivity index (χ4v) is 3.30. The molecule has 0 fully saturated rings. The Hall–Kier alpha value is -3.82. The number of aryl methyl sites for hydroxylation is 1. The molecule has 2 heterocycles. The Morgan fingerprint density at radius 3 is 2.15 bits per heavy atom. The van der Waals surface area contributed by atoms with Gasteiger partial charge in [-0.1, -0.05) is 11.6 Å². The average Bonchev–Trinajstić information content (AvgIpc) is 3.26. The van der Waals surface area contributed by atoms with E-state index in [1.54, 1.807) is 37.3 Å². The quantitative estimate of drug-likeness (QED) is 0.329. The minimum absolute atomic E-state index is 0.00410. The van der Waals surface area contributed by atoms with Crippen molar-refractivity contribution >= 4 is 22.5 Å². The number of furan rings is 1. The van der Waals surface area contributed by atoms with Crippen LogP contribution < -0.4 is 5.32 Å². The van der Waals surface area contributed by atoms with Gasteiger partial charge < -0.3 is 9.73 Å². The van der Waals surface area contributed by atoms with Gasteiger partial charge in [0, 0.05) is 11.1 Å². The highest BCUT2D eigenvalue weighted by Crippen LogP contribution is 2.38. The summed E-state index contributed by atoms with van der Waals surface area (Å²) in [5.41, 5.74) is -2.22. The summed E-state index contributed by atoms with van der Waals surface area (Å²) in [6.07, 6.45) is -8.67. The van der Waals surface area contributed by atoms with E-state index in [0.29, 0.717) is 28.8 Å². The topological polar surface area (TPSA) is 55.1 Å². The number of hydrogen-bond donors (Lipinski definition) is 1. The Morgan fingerprint density at radius 1 is 0.909 bits per heavy atom. The Kier molecular flexibility index (Phi) is 5.39. The van der Waals surface area contributed by atoms with Crippen LogP contribution in [0.1, 0.15) is 27.0 Å². The van der Waals surface area contributed by atoms with Crippen LogP contribution in [0.4, 0.5) is 32.0 Å². The number of rotatable bonds is 3. The van der Waals surface area contributed by atoms with E-state index < -0.39 is 35.1 Å². The highest BCUT2D eigenvalue weighted by molar-refractivity contribution is 6.13. The zero-order valence-corrected chi connectivity index (χ0v) is 16.8. The maximum Gasteiger partial charge on any atom is 0.416 e. The van der Waals surface area contributed by atoms with Crippen LogP contribution in [0.25, 0.3) is 22.4 Å². The van der Waals surface area contributed by atoms with Gasteiger partial charge in [0.15, 0.2) is 5.76 Å². The van der Waals surface area contributed by atoms with Gasteiger partial charge in [0.25, 0.3) is 5.91 Å². The van der Waals surface area contributed by atoms with E-state index in [4.69, 9.17) is 4.42 Å². The SMILES string of the molecule is Cc1ccc2nc(-c3ccco3)cc(C(=O)Nc3cc(C(F)(F)F)cc(C(F)(F)F)c3)c2c1. The minimum Gasteiger partial charge on any atom is -0.463 e. The number of hydrogen-bond acceptors (Lipinski definition) is 3. The van der Waals surface area contributed by atoms with Crippen LogP contribution in [0.2, 0.25) is 0 Å². The Labute approximate surface area is 182 Å². The van der Waals surface area contributed by atoms with Crippen molar-refractivity contribution in [2.75, 3.05) is 5.32 Å². The van der Waals surface area contributed by atoms with Gasteiger partial charge in [-0.15, -0.1) is 0 Å². The smallest absolute Gasteiger partial charge is 0.416 e. The molecule has 1 N–H and O–H groups in total. The molecule has 0 aliphatic heterocycles. The van der Waals surface area contributed by atoms with Gasteiger partial charge in [-0.25, -0.2) is 4.98 Å². The van der Waals surface area contributed by atoms with Crippen molar-refractivity contribution in [1.29, 1.82) is 0 Å². The molecule has 0 bridgehead atoms. The summed E-state index contributed by atoms with van der Waals surface area (Å²) < 4.78 is 84.3. The summed E-state index contributed by atoms with van der Waals surface area (Å²) in [4.78, 5) is 17.5. The summed E-state index contributed by atoms with van der Waals surface area (Å²) in [7, 11) is 0. The molecule has 0 saturated heterocycles. The third-order valence-electron chi connectivity index (χ3n) is 4.83. The molecule has 4 aromatic rings. The van der Waals surface area contributed by atoms with Crippen LogP contribution in [-0.2, 0) is 12.4 Å². The van der Waals surface area contributed by atoms with Gasteiger partial charge in [0.05, 0.1) is 28.5 Å². The Balaban J connectivity index is 1.82. The molecule has 33 heavy (non-hydrogen) atoms. The number of halogens is 6. The van der Waals surface area contributed by atoms with Crippen LogP contribution in [-0.4, -0.2) is 10.9 Å². The first-order valence-corrected chi connectivity index (χ1v) is 9.48. The third-order valence-corrected chi connectivity index (χ3v) is 4.83. The van der Waals surface area contributed by atoms with Crippen LogP contribution in [0.15, 0.2) is 65.3 Å². The normalized spacial score (nSPS) is 12.2. The first-order chi connectivity index (χ1) is 15.4. The highest BCUT2D eigenvalue weighted by Gasteiger charge is 2.37. The molecule has 0 radical (unpaired) electrons. The first kappa shape index (κ1) is 22.4. The summed E-state index contributed by atoms with van der Waals surface area (Å²) in [6, 6.07) is 10.5. The zero-order chi connectivity index (χ0) is 24.0. The Morgan fingerprint density at radius 2 is 1.58 bits per heavy atom. The molecule has 0 unspecified atom stereocenters. The summed E-state index contributed by atoms with van der Waals surface area (Å²) in [6.45, 7) is 1.77. The lowest BCUT2D eigenvalue weighted by Gasteiger charge is -2.15. The molecule has 2 aromatic heterocycles. The molecule has 1 amide bonds. The lowest BCUT2D eigenvalue weighted by atomic mass is 10.0. The van der Waals surface area contributed by atoms with Crippen molar-refractivity contribution in [2.24, 2.45) is 0 Å². The Bertz CT molecular complexity index is 1310. The first-order valence-electron chi connectivity index (χ1n) is 9.48. The lowest BCUT2D eigenvalue weighted by Crippen LogP contribution is -2.16. The molecule has 170 valence electrons. The summed E-state index contributed by atoms with van der Waals surface area (Å²) in [5, 5.41) is 2.55. The van der Waals surface area contributed by atoms with E-state index >= 15 is 0 Å². The van der Waals surface area contributed by atoms with E-state index in [0.717, 1.165) is 5.56 Å². The molecular weight excluding hydrogens is 450 g/mol. The number of carbonyl (C=O) groups excluding carboxylic acids is 1. The molecule has 0 saturated carbocycles. The second-order valence-electron chi connectivity index (χ2n) is 7.30. The van der Waals surface area contributed by atoms with Crippen LogP contribution >= 0.6 is 0 Å². The van der Waals surface area contributed by atoms with Crippen molar-refractivity contribution in [3.63, 3.8) is 0 Å². The number of nitrogens with one attached hydrogen (secondary N) is 1. The molecule has 0 aliphatic rings. The van der Waals surface area contributed by atoms with Gasteiger partial charge in [0.1, 0.15) is 5.69 Å². The maximum atomic E-state index is 13.2. The van der Waals surface area contributed by atoms with Crippen molar-refractivity contribution in [2.45, 2.75) is 19.3 Å². The fraction of sp³-hybridized carbons (Fsp3) is 0.130. The fourth-order valence-electron chi connectivity index (χ4n) is 3.30. The predicted octanol–water partition coefficient (Wildman–Crippen LogP) is 7.09. The van der Waals surface area contributed by atoms with Crippen LogP contribution in [0.5, 0.6) is 0 Å². The molecular formula is C23H14F6N2O2. The molecule has 0 aliphatic carbocycles. The minimum atomic E-state index is -5.03. The van der Waals surface area contributed by atoms with Gasteiger partial charge in [-0.3, -0.25) is 4.79 Å². The highest BCUT2D eigenvalue weighted by atomic mass is 19.4. The van der Waals surface area contributed by atoms with E-state index in [1.165, 1.54) is 12.3 Å². The van der Waals surface area contributed by atoms with E-state index in [1.807, 2.05) is 0 Å². The number of carbonyl (C=O) groups is 1. The number of aromatic nitrogens is 1. The third kappa shape index (κ3) is 4.69. The molecule has 4 rings (SSSR count). The number of fused-ring (bicyclic) bond motifs is 1. The predicted molar refractivity (Wildman–Crippen MR) is 109 cm³/mol. The van der Waals surface area contributed by atoms with Crippen molar-refractivity contribution in [3.05, 3.63) is 83.1 Å². The van der Waals surface area contributed by atoms with Crippen LogP contribution in [0, 0.1) is 6.92 Å². The van der Waals surface area contributed by atoms with Crippen LogP contribution in [0.3, 0.4) is 0 Å². The number of anilines is 1. The number of benzene rings is 2. The van der Waals surface area contributed by atoms with Gasteiger partial charge in [-0.2, -0.15) is 26.3 Å². The molecule has 0 atom stereocenters. The van der Waals surface area contributed by atoms with Crippen molar-refractivity contribution < 1.29 is 35.6 Å². The molecule has 2 aromatic carbocycles. The standard InChI is InChI=1S/C23H14F6N2O2/c1-12-4-5-18-16(7-12)17(11-19(31-18)20-3-2-6-33-20)21(32)30-15-9-13(22(24,25)26)8-14(10-15)23(27,28)29/h2-11H,1H3,(H,30,32). The number of alkyl halides is 6. The monoisotopic (exact) mass is 464 g/mol. The van der Waals surface area contributed by atoms with Crippen molar-refractivity contribution in [3.8, 4) is 11.5 Å². The summed E-state index contributed by atoms with van der Waals surface area (Å²) >= 11 is 0. The largest absolute Gasteiger partial charge is 0.463 e. The van der Waals surface area contributed by atoms with E-state index in [2.05, 4.69) is 10.3 Å². The van der Waals surface area contributed by atoms with Gasteiger partial charge in [0.2, 0.25) is 0 Å². The molecule has 10 heteroatoms. The van der Waals surface area contributed by atoms with E-state index in [-0.39, 0.29) is 17.3 Å². The summed E-state index contributed by atoms with van der Waals surface area (Å²) in [5.74, 6) is -0.557. The zero-order valence-electron chi connectivity index (χ0n) is 16.8. The average molecular weight is 464 g/mol. The maximum absolute atomic E-state index is 13.2. The number of amides is 1. The molecule has 4 nitrogen and oxygen atoms in total. The molecule has 0 spiro atoms. The lowest BCUT2D eigenvalue weighted by molar-refractivity contribution is -0.143.